The van der Waals surface area contributed by atoms with Gasteiger partial charge in [-0.15, -0.1) is 0 Å². The Morgan fingerprint density at radius 1 is 1.31 bits per heavy atom. The van der Waals surface area contributed by atoms with Crippen LogP contribution in [0.2, 0.25) is 0 Å². The standard InChI is InChI=1S/C12H24N2O2/c1-12(2,3)16-11(15)14-8-9-4-6-10(13)7-5-9/h9-10H,4-8,13H2,1-3H3,(H,14,15). The first kappa shape index (κ1) is 13.3. The minimum atomic E-state index is -0.418. The monoisotopic (exact) mass is 228 g/mol. The highest BCUT2D eigenvalue weighted by molar-refractivity contribution is 5.67. The second kappa shape index (κ2) is 5.53. The Labute approximate surface area is 97.9 Å². The lowest BCUT2D eigenvalue weighted by molar-refractivity contribution is 0.0515. The van der Waals surface area contributed by atoms with Gasteiger partial charge in [-0.3, -0.25) is 0 Å². The van der Waals surface area contributed by atoms with Crippen molar-refractivity contribution in [1.29, 1.82) is 0 Å². The fraction of sp³-hybridized carbons (Fsp3) is 0.917. The predicted molar refractivity (Wildman–Crippen MR) is 64.2 cm³/mol. The molecule has 1 amide bonds. The number of nitrogens with one attached hydrogen (secondary N) is 1. The van der Waals surface area contributed by atoms with E-state index in [4.69, 9.17) is 10.5 Å². The molecule has 1 fully saturated rings. The van der Waals surface area contributed by atoms with Crippen LogP contribution >= 0.6 is 0 Å². The van der Waals surface area contributed by atoms with Gasteiger partial charge in [0.15, 0.2) is 0 Å². The molecular weight excluding hydrogens is 204 g/mol. The third-order valence-electron chi connectivity index (χ3n) is 2.83. The average molecular weight is 228 g/mol. The van der Waals surface area contributed by atoms with Gasteiger partial charge in [0, 0.05) is 12.6 Å². The fourth-order valence-corrected chi connectivity index (χ4v) is 1.93. The first-order valence-electron chi connectivity index (χ1n) is 6.09. The average Bonchev–Trinajstić information content (AvgIpc) is 2.14. The van der Waals surface area contributed by atoms with E-state index < -0.39 is 5.60 Å². The van der Waals surface area contributed by atoms with E-state index in [1.165, 1.54) is 0 Å². The van der Waals surface area contributed by atoms with Gasteiger partial charge in [-0.1, -0.05) is 0 Å². The maximum Gasteiger partial charge on any atom is 0.407 e. The molecule has 16 heavy (non-hydrogen) atoms. The molecule has 0 bridgehead atoms. The first-order valence-corrected chi connectivity index (χ1v) is 6.09. The van der Waals surface area contributed by atoms with E-state index >= 15 is 0 Å². The van der Waals surface area contributed by atoms with Gasteiger partial charge >= 0.3 is 6.09 Å². The van der Waals surface area contributed by atoms with Crippen molar-refractivity contribution in [1.82, 2.24) is 5.32 Å². The Hall–Kier alpha value is -0.770. The summed E-state index contributed by atoms with van der Waals surface area (Å²) in [5.74, 6) is 0.562. The molecule has 0 unspecified atom stereocenters. The summed E-state index contributed by atoms with van der Waals surface area (Å²) in [5.41, 5.74) is 5.41. The quantitative estimate of drug-likeness (QED) is 0.760. The molecule has 0 aromatic carbocycles. The highest BCUT2D eigenvalue weighted by atomic mass is 16.6. The van der Waals surface area contributed by atoms with Crippen LogP contribution in [-0.2, 0) is 4.74 Å². The van der Waals surface area contributed by atoms with Crippen LogP contribution in [0.25, 0.3) is 0 Å². The van der Waals surface area contributed by atoms with Crippen LogP contribution < -0.4 is 11.1 Å². The summed E-state index contributed by atoms with van der Waals surface area (Å²) >= 11 is 0. The van der Waals surface area contributed by atoms with Crippen molar-refractivity contribution in [3.05, 3.63) is 0 Å². The molecule has 0 heterocycles. The molecule has 3 N–H and O–H groups in total. The van der Waals surface area contributed by atoms with Crippen molar-refractivity contribution in [3.63, 3.8) is 0 Å². The molecule has 1 rings (SSSR count). The van der Waals surface area contributed by atoms with Gasteiger partial charge in [0.05, 0.1) is 0 Å². The molecule has 0 aromatic heterocycles. The Bertz CT molecular complexity index is 228. The number of alkyl carbamates (subject to hydrolysis) is 1. The SMILES string of the molecule is CC(C)(C)OC(=O)NCC1CCC(N)CC1. The Kier molecular flexibility index (Phi) is 4.59. The minimum absolute atomic E-state index is 0.317. The number of hydrogen-bond acceptors (Lipinski definition) is 3. The maximum absolute atomic E-state index is 11.4. The van der Waals surface area contributed by atoms with Gasteiger partial charge in [-0.25, -0.2) is 4.79 Å². The summed E-state index contributed by atoms with van der Waals surface area (Å²) in [4.78, 5) is 11.4. The van der Waals surface area contributed by atoms with Crippen LogP contribution in [-0.4, -0.2) is 24.3 Å². The van der Waals surface area contributed by atoms with Crippen LogP contribution in [0.15, 0.2) is 0 Å². The predicted octanol–water partition coefficient (Wildman–Crippen LogP) is 2.03. The van der Waals surface area contributed by atoms with Crippen molar-refractivity contribution < 1.29 is 9.53 Å². The van der Waals surface area contributed by atoms with E-state index in [9.17, 15) is 4.79 Å². The highest BCUT2D eigenvalue weighted by Crippen LogP contribution is 2.22. The molecule has 1 aliphatic rings. The number of ether oxygens (including phenoxy) is 1. The van der Waals surface area contributed by atoms with Gasteiger partial charge in [0.1, 0.15) is 5.60 Å². The van der Waals surface area contributed by atoms with Crippen molar-refractivity contribution >= 4 is 6.09 Å². The minimum Gasteiger partial charge on any atom is -0.444 e. The lowest BCUT2D eigenvalue weighted by Gasteiger charge is -2.26. The molecule has 1 aliphatic carbocycles. The molecule has 0 saturated heterocycles. The molecule has 1 saturated carbocycles. The number of amides is 1. The van der Waals surface area contributed by atoms with Crippen LogP contribution in [0.5, 0.6) is 0 Å². The van der Waals surface area contributed by atoms with Gasteiger partial charge in [0.25, 0.3) is 0 Å². The summed E-state index contributed by atoms with van der Waals surface area (Å²) in [6, 6.07) is 0.359. The molecule has 4 heteroatoms. The van der Waals surface area contributed by atoms with Crippen LogP contribution in [0.3, 0.4) is 0 Å². The fourth-order valence-electron chi connectivity index (χ4n) is 1.93. The van der Waals surface area contributed by atoms with Crippen molar-refractivity contribution in [2.75, 3.05) is 6.54 Å². The van der Waals surface area contributed by atoms with Crippen LogP contribution in [0, 0.1) is 5.92 Å². The first-order chi connectivity index (χ1) is 7.37. The molecule has 0 atom stereocenters. The maximum atomic E-state index is 11.4. The van der Waals surface area contributed by atoms with E-state index in [1.807, 2.05) is 20.8 Å². The van der Waals surface area contributed by atoms with Crippen molar-refractivity contribution in [2.45, 2.75) is 58.1 Å². The summed E-state index contributed by atoms with van der Waals surface area (Å²) in [6.07, 6.45) is 4.04. The van der Waals surface area contributed by atoms with Gasteiger partial charge in [-0.2, -0.15) is 0 Å². The number of nitrogens with two attached hydrogens (primary N) is 1. The molecule has 0 radical (unpaired) electrons. The molecule has 0 spiro atoms. The number of hydrogen-bond donors (Lipinski definition) is 2. The third-order valence-corrected chi connectivity index (χ3v) is 2.83. The van der Waals surface area contributed by atoms with E-state index in [1.54, 1.807) is 0 Å². The third kappa shape index (κ3) is 5.35. The van der Waals surface area contributed by atoms with Crippen molar-refractivity contribution in [2.24, 2.45) is 11.7 Å². The Morgan fingerprint density at radius 3 is 2.38 bits per heavy atom. The normalized spacial score (nSPS) is 26.2. The second-order valence-corrected chi connectivity index (χ2v) is 5.66. The van der Waals surface area contributed by atoms with E-state index in [0.717, 1.165) is 25.7 Å². The van der Waals surface area contributed by atoms with Gasteiger partial charge in [0.2, 0.25) is 0 Å². The summed E-state index contributed by atoms with van der Waals surface area (Å²) in [7, 11) is 0. The lowest BCUT2D eigenvalue weighted by Crippen LogP contribution is -2.37. The second-order valence-electron chi connectivity index (χ2n) is 5.66. The van der Waals surface area contributed by atoms with E-state index in [0.29, 0.717) is 18.5 Å². The Morgan fingerprint density at radius 2 is 1.88 bits per heavy atom. The summed E-state index contributed by atoms with van der Waals surface area (Å²) < 4.78 is 5.18. The molecule has 0 aromatic rings. The zero-order valence-corrected chi connectivity index (χ0v) is 10.6. The molecule has 0 aliphatic heterocycles. The zero-order valence-electron chi connectivity index (χ0n) is 10.6. The van der Waals surface area contributed by atoms with Crippen molar-refractivity contribution in [3.8, 4) is 0 Å². The van der Waals surface area contributed by atoms with Crippen LogP contribution in [0.4, 0.5) is 4.79 Å². The largest absolute Gasteiger partial charge is 0.444 e. The number of carbonyl (C=O) groups is 1. The van der Waals surface area contributed by atoms with E-state index in [2.05, 4.69) is 5.32 Å². The smallest absolute Gasteiger partial charge is 0.407 e. The zero-order chi connectivity index (χ0) is 12.2. The topological polar surface area (TPSA) is 64.3 Å². The van der Waals surface area contributed by atoms with E-state index in [-0.39, 0.29) is 6.09 Å². The Balaban J connectivity index is 2.17. The molecule has 94 valence electrons. The number of rotatable bonds is 2. The molecular formula is C12H24N2O2. The number of carbonyl (C=O) groups excluding carboxylic acids is 1. The summed E-state index contributed by atoms with van der Waals surface area (Å²) in [6.45, 7) is 6.31. The van der Waals surface area contributed by atoms with Gasteiger partial charge < -0.3 is 15.8 Å². The molecule has 4 nitrogen and oxygen atoms in total. The lowest BCUT2D eigenvalue weighted by atomic mass is 9.86. The van der Waals surface area contributed by atoms with Crippen LogP contribution in [0.1, 0.15) is 46.5 Å². The highest BCUT2D eigenvalue weighted by Gasteiger charge is 2.20. The van der Waals surface area contributed by atoms with Gasteiger partial charge in [-0.05, 0) is 52.4 Å². The summed E-state index contributed by atoms with van der Waals surface area (Å²) in [5, 5.41) is 2.82.